The van der Waals surface area contributed by atoms with Crippen LogP contribution in [0.1, 0.15) is 16.7 Å². The summed E-state index contributed by atoms with van der Waals surface area (Å²) in [7, 11) is -3.89. The molecule has 1 heterocycles. The van der Waals surface area contributed by atoms with Crippen LogP contribution in [0.2, 0.25) is 0 Å². The number of ether oxygens (including phenoxy) is 1. The van der Waals surface area contributed by atoms with Crippen molar-refractivity contribution >= 4 is 38.1 Å². The van der Waals surface area contributed by atoms with Crippen molar-refractivity contribution in [1.82, 2.24) is 0 Å². The number of carbonyl (C=O) groups is 1. The van der Waals surface area contributed by atoms with Crippen molar-refractivity contribution < 1.29 is 17.9 Å². The van der Waals surface area contributed by atoms with E-state index >= 15 is 0 Å². The maximum absolute atomic E-state index is 13.6. The molecule has 0 fully saturated rings. The first-order valence-electron chi connectivity index (χ1n) is 11.6. The molecule has 1 N–H and O–H groups in total. The van der Waals surface area contributed by atoms with E-state index in [2.05, 4.69) is 17.4 Å². The number of fused-ring (bicyclic) bond motifs is 1. The molecule has 1 amide bonds. The molecule has 176 valence electrons. The van der Waals surface area contributed by atoms with Gasteiger partial charge in [-0.2, -0.15) is 0 Å². The van der Waals surface area contributed by atoms with Crippen molar-refractivity contribution in [2.45, 2.75) is 30.8 Å². The molecule has 1 aliphatic heterocycles. The predicted octanol–water partition coefficient (Wildman–Crippen LogP) is 4.84. The van der Waals surface area contributed by atoms with Crippen molar-refractivity contribution in [2.75, 3.05) is 16.2 Å². The summed E-state index contributed by atoms with van der Waals surface area (Å²) in [4.78, 5) is 13.6. The van der Waals surface area contributed by atoms with Crippen molar-refractivity contribution in [1.29, 1.82) is 0 Å². The lowest BCUT2D eigenvalue weighted by atomic mass is 10.0. The number of sulfonamides is 1. The van der Waals surface area contributed by atoms with E-state index in [1.165, 1.54) is 20.8 Å². The van der Waals surface area contributed by atoms with Gasteiger partial charge in [-0.3, -0.25) is 9.10 Å². The highest BCUT2D eigenvalue weighted by molar-refractivity contribution is 7.92. The van der Waals surface area contributed by atoms with E-state index in [0.29, 0.717) is 17.1 Å². The minimum absolute atomic E-state index is 0.125. The molecule has 0 saturated carbocycles. The normalized spacial score (nSPS) is 16.6. The molecule has 1 atom stereocenters. The second kappa shape index (κ2) is 8.13. The monoisotopic (exact) mass is 484 g/mol. The number of nitrogens with one attached hydrogen (secondary N) is 1. The van der Waals surface area contributed by atoms with Crippen LogP contribution < -0.4 is 14.4 Å². The fourth-order valence-corrected chi connectivity index (χ4v) is 6.51. The number of nitrogens with zero attached hydrogens (tertiary/aromatic N) is 1. The maximum atomic E-state index is 13.6. The standard InChI is InChI=1S/C28H24N2O4S/c1-18-10-15-24-25(16-18)34-26(17-30(24)35(32,33)21-7-3-2-4-8-21)28(31)29-23-14-13-20-12-11-19-6-5-9-22(23)27(19)20/h2-10,13-16,26H,11-12,17H2,1H3,(H,29,31)/t26-/m0/s1. The van der Waals surface area contributed by atoms with Crippen molar-refractivity contribution in [3.05, 3.63) is 95.6 Å². The number of hydrogen-bond donors (Lipinski definition) is 1. The van der Waals surface area contributed by atoms with Gasteiger partial charge in [-0.05, 0) is 72.2 Å². The molecule has 0 saturated heterocycles. The van der Waals surface area contributed by atoms with Gasteiger partial charge in [-0.25, -0.2) is 8.42 Å². The number of rotatable bonds is 4. The summed E-state index contributed by atoms with van der Waals surface area (Å²) in [6.45, 7) is 1.77. The van der Waals surface area contributed by atoms with Crippen molar-refractivity contribution in [3.8, 4) is 5.75 Å². The molecule has 6 rings (SSSR count). The Morgan fingerprint density at radius 1 is 0.943 bits per heavy atom. The summed E-state index contributed by atoms with van der Waals surface area (Å²) in [5, 5.41) is 5.20. The zero-order valence-corrected chi connectivity index (χ0v) is 20.0. The smallest absolute Gasteiger partial charge is 0.267 e. The molecule has 0 unspecified atom stereocenters. The number of aryl methyl sites for hydroxylation is 3. The van der Waals surface area contributed by atoms with E-state index in [4.69, 9.17) is 4.74 Å². The molecule has 0 aromatic heterocycles. The Bertz CT molecular complexity index is 1570. The van der Waals surface area contributed by atoms with Gasteiger partial charge >= 0.3 is 0 Å². The summed E-state index contributed by atoms with van der Waals surface area (Å²) in [5.74, 6) is -0.0135. The average molecular weight is 485 g/mol. The predicted molar refractivity (Wildman–Crippen MR) is 137 cm³/mol. The molecule has 2 aliphatic rings. The SMILES string of the molecule is Cc1ccc2c(c1)O[C@H](C(=O)Nc1ccc3c4c(cccc14)CC3)CN2S(=O)(=O)c1ccccc1. The summed E-state index contributed by atoms with van der Waals surface area (Å²) in [6.07, 6.45) is 0.988. The van der Waals surface area contributed by atoms with Gasteiger partial charge in [0.05, 0.1) is 17.1 Å². The Labute approximate surface area is 204 Å². The lowest BCUT2D eigenvalue weighted by Gasteiger charge is -2.35. The third kappa shape index (κ3) is 3.63. The second-order valence-electron chi connectivity index (χ2n) is 9.03. The molecule has 0 radical (unpaired) electrons. The molecule has 1 aliphatic carbocycles. The summed E-state index contributed by atoms with van der Waals surface area (Å²) >= 11 is 0. The second-order valence-corrected chi connectivity index (χ2v) is 10.9. The number of benzene rings is 4. The zero-order valence-electron chi connectivity index (χ0n) is 19.2. The Morgan fingerprint density at radius 2 is 1.71 bits per heavy atom. The van der Waals surface area contributed by atoms with Crippen LogP contribution in [0.25, 0.3) is 10.8 Å². The lowest BCUT2D eigenvalue weighted by Crippen LogP contribution is -2.48. The molecule has 4 aromatic rings. The molecule has 7 heteroatoms. The summed E-state index contributed by atoms with van der Waals surface area (Å²) in [6, 6.07) is 23.7. The molecule has 0 bridgehead atoms. The van der Waals surface area contributed by atoms with E-state index in [0.717, 1.165) is 23.8 Å². The molecular weight excluding hydrogens is 460 g/mol. The number of amides is 1. The molecule has 35 heavy (non-hydrogen) atoms. The first-order valence-corrected chi connectivity index (χ1v) is 13.1. The lowest BCUT2D eigenvalue weighted by molar-refractivity contribution is -0.122. The fourth-order valence-electron chi connectivity index (χ4n) is 5.01. The zero-order chi connectivity index (χ0) is 24.2. The topological polar surface area (TPSA) is 75.7 Å². The van der Waals surface area contributed by atoms with Crippen LogP contribution >= 0.6 is 0 Å². The molecule has 4 aromatic carbocycles. The first kappa shape index (κ1) is 21.7. The Balaban J connectivity index is 1.36. The van der Waals surface area contributed by atoms with Gasteiger partial charge in [0, 0.05) is 11.1 Å². The van der Waals surface area contributed by atoms with E-state index in [9.17, 15) is 13.2 Å². The van der Waals surface area contributed by atoms with Crippen LogP contribution in [0, 0.1) is 6.92 Å². The highest BCUT2D eigenvalue weighted by Gasteiger charge is 2.37. The quantitative estimate of drug-likeness (QED) is 0.450. The van der Waals surface area contributed by atoms with Crippen LogP contribution in [0.5, 0.6) is 5.75 Å². The van der Waals surface area contributed by atoms with Crippen LogP contribution in [0.15, 0.2) is 83.8 Å². The first-order chi connectivity index (χ1) is 16.9. The minimum atomic E-state index is -3.89. The van der Waals surface area contributed by atoms with E-state index in [1.807, 2.05) is 31.2 Å². The van der Waals surface area contributed by atoms with E-state index in [-0.39, 0.29) is 17.3 Å². The van der Waals surface area contributed by atoms with Gasteiger partial charge < -0.3 is 10.1 Å². The molecule has 0 spiro atoms. The highest BCUT2D eigenvalue weighted by atomic mass is 32.2. The molecule has 6 nitrogen and oxygen atoms in total. The van der Waals surface area contributed by atoms with Gasteiger partial charge in [0.1, 0.15) is 5.75 Å². The van der Waals surface area contributed by atoms with Gasteiger partial charge in [-0.1, -0.05) is 48.5 Å². The average Bonchev–Trinajstić information content (AvgIpc) is 3.30. The largest absolute Gasteiger partial charge is 0.476 e. The van der Waals surface area contributed by atoms with E-state index in [1.54, 1.807) is 42.5 Å². The third-order valence-corrected chi connectivity index (χ3v) is 8.54. The summed E-state index contributed by atoms with van der Waals surface area (Å²) in [5.41, 5.74) is 4.61. The number of hydrogen-bond acceptors (Lipinski definition) is 4. The number of carbonyl (C=O) groups excluding carboxylic acids is 1. The van der Waals surface area contributed by atoms with Crippen molar-refractivity contribution in [3.63, 3.8) is 0 Å². The van der Waals surface area contributed by atoms with Crippen LogP contribution in [-0.2, 0) is 27.7 Å². The van der Waals surface area contributed by atoms with Crippen LogP contribution in [-0.4, -0.2) is 27.0 Å². The van der Waals surface area contributed by atoms with Gasteiger partial charge in [-0.15, -0.1) is 0 Å². The third-order valence-electron chi connectivity index (χ3n) is 6.74. The maximum Gasteiger partial charge on any atom is 0.267 e. The number of anilines is 2. The van der Waals surface area contributed by atoms with Crippen LogP contribution in [0.3, 0.4) is 0 Å². The Hall–Kier alpha value is -3.84. The van der Waals surface area contributed by atoms with Gasteiger partial charge in [0.2, 0.25) is 0 Å². The minimum Gasteiger partial charge on any atom is -0.476 e. The Kier molecular flexibility index (Phi) is 5.04. The highest BCUT2D eigenvalue weighted by Crippen LogP contribution is 2.39. The van der Waals surface area contributed by atoms with Gasteiger partial charge in [0.25, 0.3) is 15.9 Å². The Morgan fingerprint density at radius 3 is 2.51 bits per heavy atom. The molecular formula is C28H24N2O4S. The van der Waals surface area contributed by atoms with Crippen molar-refractivity contribution in [2.24, 2.45) is 0 Å². The van der Waals surface area contributed by atoms with Crippen LogP contribution in [0.4, 0.5) is 11.4 Å². The fraction of sp³-hybridized carbons (Fsp3) is 0.179. The van der Waals surface area contributed by atoms with E-state index < -0.39 is 16.1 Å². The van der Waals surface area contributed by atoms with Gasteiger partial charge in [0.15, 0.2) is 6.10 Å². The summed E-state index contributed by atoms with van der Waals surface area (Å²) < 4.78 is 34.5.